The van der Waals surface area contributed by atoms with Crippen LogP contribution in [-0.4, -0.2) is 53.5 Å². The monoisotopic (exact) mass is 392 g/mol. The van der Waals surface area contributed by atoms with Gasteiger partial charge in [-0.3, -0.25) is 4.79 Å². The second-order valence-electron chi connectivity index (χ2n) is 6.14. The van der Waals surface area contributed by atoms with Gasteiger partial charge in [0.15, 0.2) is 11.5 Å². The number of benzene rings is 1. The van der Waals surface area contributed by atoms with Crippen molar-refractivity contribution in [2.24, 2.45) is 0 Å². The highest BCUT2D eigenvalue weighted by Gasteiger charge is 2.62. The summed E-state index contributed by atoms with van der Waals surface area (Å²) in [6.07, 6.45) is -1.27. The van der Waals surface area contributed by atoms with Gasteiger partial charge in [-0.05, 0) is 23.3 Å². The highest BCUT2D eigenvalue weighted by molar-refractivity contribution is 6.05. The molecular weight excluding hydrogens is 372 g/mol. The largest absolute Gasteiger partial charge is 0.493 e. The first-order chi connectivity index (χ1) is 13.4. The maximum atomic E-state index is 12.6. The molecule has 0 fully saturated rings. The number of hydrogen-bond acceptors (Lipinski definition) is 9. The minimum Gasteiger partial charge on any atom is -0.493 e. The number of carbonyl (C=O) groups excluding carboxylic acids is 3. The molecule has 2 aliphatic heterocycles. The number of esters is 3. The fraction of sp³-hybridized carbons (Fsp3) is 0.421. The van der Waals surface area contributed by atoms with Gasteiger partial charge in [-0.25, -0.2) is 9.59 Å². The standard InChI is InChI=1S/C19H20O9/c1-23-11-6-9-10(7-12(11)24-2)19(8-13(20)25-3)15(18(22)27-5)14(16(9)28-19)17(21)26-4/h6-7,16H,8H2,1-5H3/t16-,19+/m0/s1. The van der Waals surface area contributed by atoms with Gasteiger partial charge < -0.3 is 28.4 Å². The van der Waals surface area contributed by atoms with Gasteiger partial charge in [-0.15, -0.1) is 0 Å². The van der Waals surface area contributed by atoms with Crippen molar-refractivity contribution in [2.75, 3.05) is 35.5 Å². The third-order valence-corrected chi connectivity index (χ3v) is 4.94. The van der Waals surface area contributed by atoms with Gasteiger partial charge in [-0.1, -0.05) is 0 Å². The Kier molecular flexibility index (Phi) is 5.03. The summed E-state index contributed by atoms with van der Waals surface area (Å²) in [6.45, 7) is 0. The Balaban J connectivity index is 2.32. The third kappa shape index (κ3) is 2.62. The number of methoxy groups -OCH3 is 5. The van der Waals surface area contributed by atoms with Crippen LogP contribution in [0.3, 0.4) is 0 Å². The molecule has 1 aromatic rings. The van der Waals surface area contributed by atoms with E-state index in [0.29, 0.717) is 22.6 Å². The molecule has 0 unspecified atom stereocenters. The van der Waals surface area contributed by atoms with Gasteiger partial charge in [0.1, 0.15) is 11.7 Å². The molecule has 0 spiro atoms. The summed E-state index contributed by atoms with van der Waals surface area (Å²) in [5, 5.41) is 0. The summed E-state index contributed by atoms with van der Waals surface area (Å²) >= 11 is 0. The molecule has 2 heterocycles. The number of carbonyl (C=O) groups is 3. The zero-order chi connectivity index (χ0) is 20.6. The van der Waals surface area contributed by atoms with Crippen LogP contribution in [-0.2, 0) is 38.9 Å². The maximum Gasteiger partial charge on any atom is 0.337 e. The molecule has 0 aliphatic carbocycles. The van der Waals surface area contributed by atoms with Crippen molar-refractivity contribution in [1.29, 1.82) is 0 Å². The average molecular weight is 392 g/mol. The zero-order valence-corrected chi connectivity index (χ0v) is 16.1. The summed E-state index contributed by atoms with van der Waals surface area (Å²) in [7, 11) is 6.52. The number of hydrogen-bond donors (Lipinski definition) is 0. The van der Waals surface area contributed by atoms with Gasteiger partial charge in [0.05, 0.1) is 53.1 Å². The lowest BCUT2D eigenvalue weighted by Crippen LogP contribution is -2.35. The molecule has 0 amide bonds. The molecule has 2 bridgehead atoms. The van der Waals surface area contributed by atoms with E-state index in [9.17, 15) is 14.4 Å². The van der Waals surface area contributed by atoms with Gasteiger partial charge in [-0.2, -0.15) is 0 Å². The molecule has 0 N–H and O–H groups in total. The van der Waals surface area contributed by atoms with Crippen LogP contribution in [0.25, 0.3) is 0 Å². The maximum absolute atomic E-state index is 12.6. The molecule has 3 rings (SSSR count). The van der Waals surface area contributed by atoms with Crippen LogP contribution in [0.5, 0.6) is 11.5 Å². The smallest absolute Gasteiger partial charge is 0.337 e. The summed E-state index contributed by atoms with van der Waals surface area (Å²) in [4.78, 5) is 37.3. The van der Waals surface area contributed by atoms with Crippen LogP contribution in [0.4, 0.5) is 0 Å². The lowest BCUT2D eigenvalue weighted by atomic mass is 9.75. The Morgan fingerprint density at radius 1 is 0.929 bits per heavy atom. The van der Waals surface area contributed by atoms with Crippen molar-refractivity contribution in [3.8, 4) is 11.5 Å². The quantitative estimate of drug-likeness (QED) is 0.521. The highest BCUT2D eigenvalue weighted by atomic mass is 16.6. The summed E-state index contributed by atoms with van der Waals surface area (Å²) in [6, 6.07) is 3.27. The van der Waals surface area contributed by atoms with E-state index in [-0.39, 0.29) is 17.6 Å². The molecule has 0 saturated carbocycles. The lowest BCUT2D eigenvalue weighted by Gasteiger charge is -2.29. The lowest BCUT2D eigenvalue weighted by molar-refractivity contribution is -0.148. The van der Waals surface area contributed by atoms with Crippen molar-refractivity contribution in [3.63, 3.8) is 0 Å². The Labute approximate surface area is 161 Å². The first-order valence-electron chi connectivity index (χ1n) is 8.30. The zero-order valence-electron chi connectivity index (χ0n) is 16.1. The molecule has 9 heteroatoms. The van der Waals surface area contributed by atoms with Crippen molar-refractivity contribution in [3.05, 3.63) is 34.4 Å². The van der Waals surface area contributed by atoms with Crippen molar-refractivity contribution >= 4 is 17.9 Å². The van der Waals surface area contributed by atoms with E-state index in [2.05, 4.69) is 0 Å². The molecule has 9 nitrogen and oxygen atoms in total. The Morgan fingerprint density at radius 2 is 1.54 bits per heavy atom. The third-order valence-electron chi connectivity index (χ3n) is 4.94. The van der Waals surface area contributed by atoms with Crippen LogP contribution in [0.2, 0.25) is 0 Å². The van der Waals surface area contributed by atoms with E-state index >= 15 is 0 Å². The van der Waals surface area contributed by atoms with Gasteiger partial charge >= 0.3 is 17.9 Å². The SMILES string of the molecule is COC(=O)C[C@]12O[C@H](C(C(=O)OC)=C1C(=O)OC)c1cc(OC)c(OC)cc12. The fourth-order valence-corrected chi connectivity index (χ4v) is 3.74. The predicted octanol–water partition coefficient (Wildman–Crippen LogP) is 1.19. The molecule has 0 saturated heterocycles. The van der Waals surface area contributed by atoms with E-state index in [4.69, 9.17) is 28.4 Å². The fourth-order valence-electron chi connectivity index (χ4n) is 3.74. The Morgan fingerprint density at radius 3 is 2.07 bits per heavy atom. The van der Waals surface area contributed by atoms with Crippen LogP contribution in [0.15, 0.2) is 23.3 Å². The van der Waals surface area contributed by atoms with Crippen LogP contribution in [0.1, 0.15) is 23.7 Å². The minimum atomic E-state index is -1.57. The van der Waals surface area contributed by atoms with E-state index in [0.717, 1.165) is 0 Å². The molecule has 0 radical (unpaired) electrons. The summed E-state index contributed by atoms with van der Waals surface area (Å²) < 4.78 is 31.3. The van der Waals surface area contributed by atoms with E-state index in [1.807, 2.05) is 0 Å². The van der Waals surface area contributed by atoms with E-state index in [1.165, 1.54) is 35.5 Å². The van der Waals surface area contributed by atoms with Gasteiger partial charge in [0, 0.05) is 0 Å². The predicted molar refractivity (Wildman–Crippen MR) is 92.7 cm³/mol. The minimum absolute atomic E-state index is 0.0158. The first kappa shape index (κ1) is 19.7. The average Bonchev–Trinajstić information content (AvgIpc) is 3.21. The van der Waals surface area contributed by atoms with Crippen molar-refractivity contribution < 1.29 is 42.8 Å². The van der Waals surface area contributed by atoms with Gasteiger partial charge in [0.25, 0.3) is 0 Å². The van der Waals surface area contributed by atoms with Crippen LogP contribution < -0.4 is 9.47 Å². The Hall–Kier alpha value is -3.07. The highest BCUT2D eigenvalue weighted by Crippen LogP contribution is 2.61. The number of fused-ring (bicyclic) bond motifs is 5. The molecule has 2 atom stereocenters. The molecular formula is C19H20O9. The van der Waals surface area contributed by atoms with Crippen molar-refractivity contribution in [2.45, 2.75) is 18.1 Å². The molecule has 28 heavy (non-hydrogen) atoms. The molecule has 0 aromatic heterocycles. The number of rotatable bonds is 6. The second kappa shape index (κ2) is 7.16. The summed E-state index contributed by atoms with van der Waals surface area (Å²) in [5.74, 6) is -1.39. The Bertz CT molecular complexity index is 886. The van der Waals surface area contributed by atoms with Gasteiger partial charge in [0.2, 0.25) is 0 Å². The van der Waals surface area contributed by atoms with Crippen LogP contribution >= 0.6 is 0 Å². The van der Waals surface area contributed by atoms with Crippen LogP contribution in [0, 0.1) is 0 Å². The van der Waals surface area contributed by atoms with E-state index in [1.54, 1.807) is 12.1 Å². The van der Waals surface area contributed by atoms with Crippen molar-refractivity contribution in [1.82, 2.24) is 0 Å². The molecule has 2 aliphatic rings. The van der Waals surface area contributed by atoms with E-state index < -0.39 is 29.6 Å². The first-order valence-corrected chi connectivity index (χ1v) is 8.30. The molecule has 150 valence electrons. The summed E-state index contributed by atoms with van der Waals surface area (Å²) in [5.41, 5.74) is -0.610. The molecule has 1 aromatic carbocycles. The normalized spacial score (nSPS) is 21.8. The number of ether oxygens (including phenoxy) is 6. The topological polar surface area (TPSA) is 107 Å². The second-order valence-corrected chi connectivity index (χ2v) is 6.14.